The Morgan fingerprint density at radius 3 is 2.00 bits per heavy atom. The van der Waals surface area contributed by atoms with Gasteiger partial charge in [0.25, 0.3) is 0 Å². The van der Waals surface area contributed by atoms with Gasteiger partial charge in [0.15, 0.2) is 0 Å². The van der Waals surface area contributed by atoms with Gasteiger partial charge in [-0.25, -0.2) is 13.1 Å². The van der Waals surface area contributed by atoms with Gasteiger partial charge in [-0.05, 0) is 24.0 Å². The molecule has 22 heavy (non-hydrogen) atoms. The van der Waals surface area contributed by atoms with Crippen molar-refractivity contribution in [2.75, 3.05) is 12.4 Å². The highest BCUT2D eigenvalue weighted by molar-refractivity contribution is 7.89. The van der Waals surface area contributed by atoms with Gasteiger partial charge in [0.05, 0.1) is 12.4 Å². The van der Waals surface area contributed by atoms with Crippen LogP contribution in [0.2, 0.25) is 0 Å². The third-order valence-electron chi connectivity index (χ3n) is 3.39. The first-order valence-corrected chi connectivity index (χ1v) is 8.93. The molecule has 0 aliphatic heterocycles. The molecule has 118 valence electrons. The maximum atomic E-state index is 12.1. The lowest BCUT2D eigenvalue weighted by Crippen LogP contribution is -2.40. The van der Waals surface area contributed by atoms with Crippen molar-refractivity contribution in [1.29, 1.82) is 0 Å². The van der Waals surface area contributed by atoms with Gasteiger partial charge >= 0.3 is 0 Å². The number of aliphatic hydroxyl groups is 1. The zero-order chi connectivity index (χ0) is 15.8. The van der Waals surface area contributed by atoms with E-state index in [1.807, 2.05) is 60.7 Å². The Balaban J connectivity index is 1.91. The number of aryl methyl sites for hydroxylation is 1. The molecule has 1 atom stereocenters. The van der Waals surface area contributed by atoms with E-state index in [2.05, 4.69) is 4.72 Å². The molecule has 0 fully saturated rings. The predicted molar refractivity (Wildman–Crippen MR) is 88.1 cm³/mol. The van der Waals surface area contributed by atoms with Gasteiger partial charge in [-0.3, -0.25) is 0 Å². The first kappa shape index (κ1) is 16.7. The second kappa shape index (κ2) is 8.08. The summed E-state index contributed by atoms with van der Waals surface area (Å²) in [4.78, 5) is 0. The van der Waals surface area contributed by atoms with Crippen LogP contribution in [0.1, 0.15) is 11.1 Å². The Morgan fingerprint density at radius 1 is 0.909 bits per heavy atom. The van der Waals surface area contributed by atoms with Gasteiger partial charge in [-0.1, -0.05) is 60.7 Å². The highest BCUT2D eigenvalue weighted by atomic mass is 32.2. The summed E-state index contributed by atoms with van der Waals surface area (Å²) in [6.07, 6.45) is 0.932. The molecule has 1 unspecified atom stereocenters. The maximum absolute atomic E-state index is 12.1. The predicted octanol–water partition coefficient (Wildman–Crippen LogP) is 1.75. The van der Waals surface area contributed by atoms with Crippen LogP contribution in [-0.2, 0) is 22.9 Å². The minimum absolute atomic E-state index is 0.0162. The van der Waals surface area contributed by atoms with Crippen molar-refractivity contribution in [3.8, 4) is 0 Å². The fourth-order valence-electron chi connectivity index (χ4n) is 2.25. The Labute approximate surface area is 131 Å². The Hall–Kier alpha value is -1.69. The average molecular weight is 319 g/mol. The van der Waals surface area contributed by atoms with Crippen LogP contribution in [0.15, 0.2) is 60.7 Å². The molecule has 0 amide bonds. The molecule has 5 heteroatoms. The number of hydrogen-bond acceptors (Lipinski definition) is 3. The van der Waals surface area contributed by atoms with E-state index in [-0.39, 0.29) is 12.4 Å². The van der Waals surface area contributed by atoms with E-state index in [9.17, 15) is 13.5 Å². The van der Waals surface area contributed by atoms with Crippen LogP contribution in [0.3, 0.4) is 0 Å². The molecule has 2 N–H and O–H groups in total. The summed E-state index contributed by atoms with van der Waals surface area (Å²) in [5.41, 5.74) is 1.98. The molecule has 2 aromatic carbocycles. The first-order chi connectivity index (χ1) is 10.6. The largest absolute Gasteiger partial charge is 0.395 e. The number of sulfonamides is 1. The zero-order valence-electron chi connectivity index (χ0n) is 12.4. The summed E-state index contributed by atoms with van der Waals surface area (Å²) >= 11 is 0. The molecule has 0 heterocycles. The normalized spacial score (nSPS) is 13.0. The number of aliphatic hydroxyl groups excluding tert-OH is 1. The topological polar surface area (TPSA) is 66.4 Å². The molecule has 0 saturated carbocycles. The molecule has 0 bridgehead atoms. The van der Waals surface area contributed by atoms with E-state index < -0.39 is 16.1 Å². The summed E-state index contributed by atoms with van der Waals surface area (Å²) in [5.74, 6) is 0.0162. The maximum Gasteiger partial charge on any atom is 0.212 e. The monoisotopic (exact) mass is 319 g/mol. The van der Waals surface area contributed by atoms with E-state index in [4.69, 9.17) is 0 Å². The molecular formula is C17H21NO3S. The van der Waals surface area contributed by atoms with E-state index in [0.29, 0.717) is 12.8 Å². The third-order valence-corrected chi connectivity index (χ3v) is 4.83. The Kier molecular flexibility index (Phi) is 6.12. The first-order valence-electron chi connectivity index (χ1n) is 7.28. The molecule has 0 aromatic heterocycles. The van der Waals surface area contributed by atoms with Gasteiger partial charge < -0.3 is 5.11 Å². The number of benzene rings is 2. The zero-order valence-corrected chi connectivity index (χ0v) is 13.2. The van der Waals surface area contributed by atoms with Crippen LogP contribution >= 0.6 is 0 Å². The lowest BCUT2D eigenvalue weighted by atomic mass is 10.1. The molecule has 0 spiro atoms. The van der Waals surface area contributed by atoms with Gasteiger partial charge in [-0.15, -0.1) is 0 Å². The molecule has 0 radical (unpaired) electrons. The third kappa shape index (κ3) is 5.60. The molecule has 0 aliphatic carbocycles. The van der Waals surface area contributed by atoms with E-state index in [0.717, 1.165) is 11.1 Å². The standard InChI is InChI=1S/C17H21NO3S/c19-14-17(13-16-9-5-2-6-10-16)18-22(20,21)12-11-15-7-3-1-4-8-15/h1-10,17-19H,11-14H2. The smallest absolute Gasteiger partial charge is 0.212 e. The molecule has 4 nitrogen and oxygen atoms in total. The van der Waals surface area contributed by atoms with Gasteiger partial charge in [0, 0.05) is 6.04 Å². The van der Waals surface area contributed by atoms with Crippen molar-refractivity contribution in [3.05, 3.63) is 71.8 Å². The second-order valence-electron chi connectivity index (χ2n) is 5.24. The quantitative estimate of drug-likeness (QED) is 0.779. The Bertz CT molecular complexity index is 657. The van der Waals surface area contributed by atoms with Crippen LogP contribution in [0.25, 0.3) is 0 Å². The fourth-order valence-corrected chi connectivity index (χ4v) is 3.54. The lowest BCUT2D eigenvalue weighted by molar-refractivity contribution is 0.256. The Morgan fingerprint density at radius 2 is 1.45 bits per heavy atom. The molecular weight excluding hydrogens is 298 g/mol. The highest BCUT2D eigenvalue weighted by Gasteiger charge is 2.17. The van der Waals surface area contributed by atoms with E-state index in [1.165, 1.54) is 0 Å². The lowest BCUT2D eigenvalue weighted by Gasteiger charge is -2.16. The van der Waals surface area contributed by atoms with Crippen LogP contribution in [0.4, 0.5) is 0 Å². The van der Waals surface area contributed by atoms with Gasteiger partial charge in [-0.2, -0.15) is 0 Å². The van der Waals surface area contributed by atoms with Crippen LogP contribution < -0.4 is 4.72 Å². The van der Waals surface area contributed by atoms with Crippen molar-refractivity contribution < 1.29 is 13.5 Å². The van der Waals surface area contributed by atoms with Crippen molar-refractivity contribution in [3.63, 3.8) is 0 Å². The van der Waals surface area contributed by atoms with E-state index >= 15 is 0 Å². The van der Waals surface area contributed by atoms with Crippen molar-refractivity contribution in [2.45, 2.75) is 18.9 Å². The summed E-state index contributed by atoms with van der Waals surface area (Å²) in [5, 5.41) is 9.41. The number of hydrogen-bond donors (Lipinski definition) is 2. The van der Waals surface area contributed by atoms with Crippen LogP contribution in [0.5, 0.6) is 0 Å². The summed E-state index contributed by atoms with van der Waals surface area (Å²) in [6, 6.07) is 18.5. The molecule has 2 rings (SSSR count). The van der Waals surface area contributed by atoms with Crippen LogP contribution in [-0.4, -0.2) is 31.9 Å². The SMILES string of the molecule is O=S(=O)(CCc1ccccc1)NC(CO)Cc1ccccc1. The minimum Gasteiger partial charge on any atom is -0.395 e. The van der Waals surface area contributed by atoms with Crippen molar-refractivity contribution in [1.82, 2.24) is 4.72 Å². The number of nitrogens with one attached hydrogen (secondary N) is 1. The summed E-state index contributed by atoms with van der Waals surface area (Å²) < 4.78 is 26.9. The minimum atomic E-state index is -3.42. The van der Waals surface area contributed by atoms with E-state index in [1.54, 1.807) is 0 Å². The summed E-state index contributed by atoms with van der Waals surface area (Å²) in [6.45, 7) is -0.223. The average Bonchev–Trinajstić information content (AvgIpc) is 2.54. The second-order valence-corrected chi connectivity index (χ2v) is 7.11. The fraction of sp³-hybridized carbons (Fsp3) is 0.294. The van der Waals surface area contributed by atoms with Crippen molar-refractivity contribution in [2.24, 2.45) is 0 Å². The van der Waals surface area contributed by atoms with Gasteiger partial charge in [0.1, 0.15) is 0 Å². The van der Waals surface area contributed by atoms with Gasteiger partial charge in [0.2, 0.25) is 10.0 Å². The molecule has 0 aliphatic rings. The molecule has 2 aromatic rings. The number of rotatable bonds is 8. The van der Waals surface area contributed by atoms with Crippen LogP contribution in [0, 0.1) is 0 Å². The van der Waals surface area contributed by atoms with Crippen molar-refractivity contribution >= 4 is 10.0 Å². The molecule has 0 saturated heterocycles. The highest BCUT2D eigenvalue weighted by Crippen LogP contribution is 2.06. The summed E-state index contributed by atoms with van der Waals surface area (Å²) in [7, 11) is -3.42.